The average Bonchev–Trinajstić information content (AvgIpc) is 3.06. The highest BCUT2D eigenvalue weighted by Gasteiger charge is 2.18. The van der Waals surface area contributed by atoms with Crippen LogP contribution in [0.4, 0.5) is 0 Å². The largest absolute Gasteiger partial charge is 0.493 e. The predicted molar refractivity (Wildman–Crippen MR) is 171 cm³/mol. The molecule has 3 rings (SSSR count). The molecule has 0 amide bonds. The lowest BCUT2D eigenvalue weighted by Gasteiger charge is -2.13. The number of unbranched alkanes of at least 4 members (excludes halogenated alkanes) is 5. The summed E-state index contributed by atoms with van der Waals surface area (Å²) >= 11 is 0. The molecule has 0 aliphatic rings. The van der Waals surface area contributed by atoms with Crippen molar-refractivity contribution in [2.45, 2.75) is 58.3 Å². The topological polar surface area (TPSA) is 107 Å². The molecule has 9 nitrogen and oxygen atoms in total. The van der Waals surface area contributed by atoms with Crippen molar-refractivity contribution >= 4 is 17.9 Å². The number of methoxy groups -OCH3 is 2. The van der Waals surface area contributed by atoms with Crippen molar-refractivity contribution in [1.29, 1.82) is 0 Å². The Bertz CT molecular complexity index is 1410. The van der Waals surface area contributed by atoms with Crippen LogP contribution in [-0.4, -0.2) is 45.3 Å². The molecule has 0 heterocycles. The molecule has 3 aromatic carbocycles. The van der Waals surface area contributed by atoms with Gasteiger partial charge in [0.2, 0.25) is 0 Å². The molecule has 0 radical (unpaired) electrons. The Morgan fingerprint density at radius 2 is 1.27 bits per heavy atom. The Morgan fingerprint density at radius 3 is 1.91 bits per heavy atom. The third-order valence-corrected chi connectivity index (χ3v) is 6.91. The lowest BCUT2D eigenvalue weighted by atomic mass is 10.1. The molecule has 0 atom stereocenters. The summed E-state index contributed by atoms with van der Waals surface area (Å²) < 4.78 is 32.6. The Hall–Kier alpha value is -4.79. The molecule has 0 fully saturated rings. The molecule has 0 aliphatic heterocycles. The molecule has 45 heavy (non-hydrogen) atoms. The van der Waals surface area contributed by atoms with Gasteiger partial charge in [0.15, 0.2) is 23.0 Å². The molecule has 9 heteroatoms. The van der Waals surface area contributed by atoms with Gasteiger partial charge in [0.25, 0.3) is 0 Å². The monoisotopic (exact) mass is 618 g/mol. The highest BCUT2D eigenvalue weighted by Crippen LogP contribution is 2.32. The first kappa shape index (κ1) is 34.7. The second-order valence-corrected chi connectivity index (χ2v) is 10.2. The average molecular weight is 619 g/mol. The summed E-state index contributed by atoms with van der Waals surface area (Å²) in [5, 5.41) is 0. The van der Waals surface area contributed by atoms with Gasteiger partial charge in [-0.15, -0.1) is 0 Å². The van der Waals surface area contributed by atoms with Gasteiger partial charge in [0.05, 0.1) is 38.6 Å². The molecular weight excluding hydrogens is 576 g/mol. The number of aryl methyl sites for hydroxylation is 1. The van der Waals surface area contributed by atoms with Crippen molar-refractivity contribution < 1.29 is 42.8 Å². The van der Waals surface area contributed by atoms with Crippen LogP contribution < -0.4 is 23.7 Å². The third-order valence-electron chi connectivity index (χ3n) is 6.91. The summed E-state index contributed by atoms with van der Waals surface area (Å²) in [7, 11) is 2.89. The van der Waals surface area contributed by atoms with E-state index in [1.165, 1.54) is 69.7 Å². The molecular formula is C36H42O9. The molecule has 0 saturated heterocycles. The first-order valence-electron chi connectivity index (χ1n) is 15.2. The van der Waals surface area contributed by atoms with E-state index in [0.29, 0.717) is 36.7 Å². The highest BCUT2D eigenvalue weighted by molar-refractivity contribution is 5.94. The van der Waals surface area contributed by atoms with Crippen molar-refractivity contribution in [3.63, 3.8) is 0 Å². The Kier molecular flexibility index (Phi) is 14.5. The van der Waals surface area contributed by atoms with Crippen LogP contribution in [0.5, 0.6) is 28.7 Å². The summed E-state index contributed by atoms with van der Waals surface area (Å²) in [6.45, 7) is 6.19. The molecule has 0 spiro atoms. The fourth-order valence-electron chi connectivity index (χ4n) is 4.39. The Balaban J connectivity index is 1.55. The minimum absolute atomic E-state index is 0.138. The van der Waals surface area contributed by atoms with E-state index in [0.717, 1.165) is 18.9 Å². The number of ether oxygens (including phenoxy) is 6. The molecule has 0 aromatic heterocycles. The number of hydrogen-bond donors (Lipinski definition) is 0. The lowest BCUT2D eigenvalue weighted by Crippen LogP contribution is -2.12. The summed E-state index contributed by atoms with van der Waals surface area (Å²) in [6, 6.07) is 16.7. The van der Waals surface area contributed by atoms with Crippen molar-refractivity contribution in [2.24, 2.45) is 0 Å². The van der Waals surface area contributed by atoms with Gasteiger partial charge < -0.3 is 28.4 Å². The van der Waals surface area contributed by atoms with Crippen LogP contribution in [0.3, 0.4) is 0 Å². The molecule has 0 saturated carbocycles. The zero-order chi connectivity index (χ0) is 32.4. The van der Waals surface area contributed by atoms with Gasteiger partial charge in [0, 0.05) is 6.08 Å². The van der Waals surface area contributed by atoms with E-state index in [9.17, 15) is 14.4 Å². The van der Waals surface area contributed by atoms with E-state index in [2.05, 4.69) is 13.5 Å². The maximum atomic E-state index is 13.0. The van der Waals surface area contributed by atoms with Gasteiger partial charge in [-0.1, -0.05) is 51.3 Å². The zero-order valence-electron chi connectivity index (χ0n) is 26.3. The van der Waals surface area contributed by atoms with E-state index >= 15 is 0 Å². The maximum Gasteiger partial charge on any atom is 0.343 e. The van der Waals surface area contributed by atoms with E-state index in [1.54, 1.807) is 24.3 Å². The molecule has 0 aliphatic carbocycles. The molecule has 0 unspecified atom stereocenters. The highest BCUT2D eigenvalue weighted by atomic mass is 16.6. The van der Waals surface area contributed by atoms with Gasteiger partial charge >= 0.3 is 17.9 Å². The second-order valence-electron chi connectivity index (χ2n) is 10.2. The quantitative estimate of drug-likeness (QED) is 0.0583. The lowest BCUT2D eigenvalue weighted by molar-refractivity contribution is -0.137. The summed E-state index contributed by atoms with van der Waals surface area (Å²) in [4.78, 5) is 36.9. The number of rotatable bonds is 19. The van der Waals surface area contributed by atoms with Crippen LogP contribution in [0.2, 0.25) is 0 Å². The Morgan fingerprint density at radius 1 is 0.667 bits per heavy atom. The van der Waals surface area contributed by atoms with Gasteiger partial charge in [-0.2, -0.15) is 0 Å². The molecule has 0 N–H and O–H groups in total. The van der Waals surface area contributed by atoms with E-state index < -0.39 is 17.9 Å². The van der Waals surface area contributed by atoms with Gasteiger partial charge in [-0.3, -0.25) is 0 Å². The molecule has 240 valence electrons. The maximum absolute atomic E-state index is 13.0. The van der Waals surface area contributed by atoms with Crippen molar-refractivity contribution in [1.82, 2.24) is 0 Å². The van der Waals surface area contributed by atoms with Gasteiger partial charge in [-0.05, 0) is 79.8 Å². The first-order chi connectivity index (χ1) is 21.9. The van der Waals surface area contributed by atoms with E-state index in [4.69, 9.17) is 28.4 Å². The van der Waals surface area contributed by atoms with Crippen molar-refractivity contribution in [3.05, 3.63) is 90.0 Å². The number of carbonyl (C=O) groups excluding carboxylic acids is 3. The second kappa shape index (κ2) is 18.8. The number of carbonyl (C=O) groups is 3. The van der Waals surface area contributed by atoms with E-state index in [-0.39, 0.29) is 29.2 Å². The summed E-state index contributed by atoms with van der Waals surface area (Å²) in [5.41, 5.74) is 1.68. The molecule has 0 bridgehead atoms. The smallest absolute Gasteiger partial charge is 0.343 e. The van der Waals surface area contributed by atoms with Gasteiger partial charge in [-0.25, -0.2) is 14.4 Å². The standard InChI is InChI=1S/C36H42O9/c1-5-7-8-9-10-13-26-14-18-29(19-15-26)44-35(38)27-17-21-31(33(25-27)41-4)45-36(39)28-16-20-30(32(24-28)40-3)42-22-11-12-23-43-34(37)6-2/h6,14-21,24-25H,2,5,7-13,22-23H2,1,3-4H3. The predicted octanol–water partition coefficient (Wildman–Crippen LogP) is 7.54. The van der Waals surface area contributed by atoms with Crippen LogP contribution >= 0.6 is 0 Å². The summed E-state index contributed by atoms with van der Waals surface area (Å²) in [6.07, 6.45) is 9.49. The van der Waals surface area contributed by atoms with Crippen LogP contribution in [0.25, 0.3) is 0 Å². The van der Waals surface area contributed by atoms with Crippen LogP contribution in [0, 0.1) is 0 Å². The number of hydrogen-bond acceptors (Lipinski definition) is 9. The van der Waals surface area contributed by atoms with Crippen LogP contribution in [0.1, 0.15) is 78.1 Å². The number of benzene rings is 3. The van der Waals surface area contributed by atoms with Crippen LogP contribution in [0.15, 0.2) is 73.3 Å². The summed E-state index contributed by atoms with van der Waals surface area (Å²) in [5.74, 6) is -0.0851. The fourth-order valence-corrected chi connectivity index (χ4v) is 4.39. The third kappa shape index (κ3) is 11.3. The molecule has 3 aromatic rings. The minimum Gasteiger partial charge on any atom is -0.493 e. The fraction of sp³-hybridized carbons (Fsp3) is 0.361. The first-order valence-corrected chi connectivity index (χ1v) is 15.2. The SMILES string of the molecule is C=CC(=O)OCCCCOc1ccc(C(=O)Oc2ccc(C(=O)Oc3ccc(CCCCCCC)cc3)cc2OC)cc1OC. The van der Waals surface area contributed by atoms with Crippen molar-refractivity contribution in [2.75, 3.05) is 27.4 Å². The minimum atomic E-state index is -0.650. The zero-order valence-corrected chi connectivity index (χ0v) is 26.3. The van der Waals surface area contributed by atoms with Crippen LogP contribution in [-0.2, 0) is 16.0 Å². The van der Waals surface area contributed by atoms with Crippen molar-refractivity contribution in [3.8, 4) is 28.7 Å². The normalized spacial score (nSPS) is 10.5. The Labute approximate surface area is 265 Å². The van der Waals surface area contributed by atoms with Gasteiger partial charge in [0.1, 0.15) is 5.75 Å². The van der Waals surface area contributed by atoms with E-state index in [1.807, 2.05) is 12.1 Å². The number of esters is 3.